The maximum absolute atomic E-state index is 9.00. The highest BCUT2D eigenvalue weighted by molar-refractivity contribution is 5.41. The molecule has 0 amide bonds. The van der Waals surface area contributed by atoms with E-state index in [1.165, 1.54) is 12.1 Å². The Bertz CT molecular complexity index is 301. The molecule has 0 atom stereocenters. The lowest BCUT2D eigenvalue weighted by atomic mass is 10.1. The molecule has 1 rings (SSSR count). The summed E-state index contributed by atoms with van der Waals surface area (Å²) in [5.41, 5.74) is 6.53. The molecule has 0 bridgehead atoms. The van der Waals surface area contributed by atoms with Crippen LogP contribution in [0.5, 0.6) is 5.75 Å². The Morgan fingerprint density at radius 3 is 2.82 bits per heavy atom. The number of nitrogens with zero attached hydrogens (tertiary/aromatic N) is 1. The predicted octanol–water partition coefficient (Wildman–Crippen LogP) is 0.723. The lowest BCUT2D eigenvalue weighted by molar-refractivity contribution is 0.474. The molecule has 1 aromatic rings. The van der Waals surface area contributed by atoms with Crippen molar-refractivity contribution in [2.24, 2.45) is 5.73 Å². The Labute approximate surface area is 64.7 Å². The van der Waals surface area contributed by atoms with Crippen molar-refractivity contribution >= 4 is 0 Å². The van der Waals surface area contributed by atoms with Gasteiger partial charge in [0.1, 0.15) is 5.75 Å². The van der Waals surface area contributed by atoms with Crippen molar-refractivity contribution in [3.05, 3.63) is 29.3 Å². The van der Waals surface area contributed by atoms with Crippen LogP contribution in [0, 0.1) is 11.3 Å². The SMILES string of the molecule is N#Cc1ccc(O)cc1CN. The monoisotopic (exact) mass is 148 g/mol. The Morgan fingerprint density at radius 1 is 1.55 bits per heavy atom. The van der Waals surface area contributed by atoms with E-state index >= 15 is 0 Å². The van der Waals surface area contributed by atoms with Crippen molar-refractivity contribution in [3.8, 4) is 11.8 Å². The van der Waals surface area contributed by atoms with Crippen molar-refractivity contribution in [1.29, 1.82) is 5.26 Å². The molecule has 0 aliphatic rings. The molecule has 0 unspecified atom stereocenters. The van der Waals surface area contributed by atoms with Gasteiger partial charge in [-0.15, -0.1) is 0 Å². The zero-order valence-corrected chi connectivity index (χ0v) is 5.91. The average molecular weight is 148 g/mol. The van der Waals surface area contributed by atoms with E-state index in [2.05, 4.69) is 0 Å². The average Bonchev–Trinajstić information content (AvgIpc) is 2.04. The Balaban J connectivity index is 3.19. The lowest BCUT2D eigenvalue weighted by Gasteiger charge is -1.99. The van der Waals surface area contributed by atoms with Crippen molar-refractivity contribution in [3.63, 3.8) is 0 Å². The van der Waals surface area contributed by atoms with Crippen LogP contribution in [0.15, 0.2) is 18.2 Å². The molecule has 3 heteroatoms. The standard InChI is InChI=1S/C8H8N2O/c9-4-6-1-2-8(11)3-7(6)5-10/h1-3,11H,5,10H2. The molecule has 0 radical (unpaired) electrons. The van der Waals surface area contributed by atoms with Crippen LogP contribution in [-0.4, -0.2) is 5.11 Å². The number of nitriles is 1. The minimum atomic E-state index is 0.143. The highest BCUT2D eigenvalue weighted by Crippen LogP contribution is 2.14. The molecular weight excluding hydrogens is 140 g/mol. The summed E-state index contributed by atoms with van der Waals surface area (Å²) in [4.78, 5) is 0. The first-order valence-electron chi connectivity index (χ1n) is 3.20. The first-order valence-corrected chi connectivity index (χ1v) is 3.20. The van der Waals surface area contributed by atoms with E-state index in [1.807, 2.05) is 6.07 Å². The number of nitrogens with two attached hydrogens (primary N) is 1. The summed E-state index contributed by atoms with van der Waals surface area (Å²) in [7, 11) is 0. The molecule has 3 N–H and O–H groups in total. The van der Waals surface area contributed by atoms with Gasteiger partial charge in [0.25, 0.3) is 0 Å². The van der Waals surface area contributed by atoms with Crippen LogP contribution < -0.4 is 5.73 Å². The van der Waals surface area contributed by atoms with Crippen LogP contribution in [-0.2, 0) is 6.54 Å². The fourth-order valence-electron chi connectivity index (χ4n) is 0.858. The molecule has 56 valence electrons. The highest BCUT2D eigenvalue weighted by atomic mass is 16.3. The summed E-state index contributed by atoms with van der Waals surface area (Å²) in [5, 5.41) is 17.6. The second-order valence-electron chi connectivity index (χ2n) is 2.16. The van der Waals surface area contributed by atoms with Crippen LogP contribution >= 0.6 is 0 Å². The topological polar surface area (TPSA) is 70.0 Å². The summed E-state index contributed by atoms with van der Waals surface area (Å²) < 4.78 is 0. The first-order chi connectivity index (χ1) is 5.27. The maximum Gasteiger partial charge on any atom is 0.115 e. The van der Waals surface area contributed by atoms with Crippen LogP contribution in [0.2, 0.25) is 0 Å². The molecular formula is C8H8N2O. The van der Waals surface area contributed by atoms with Gasteiger partial charge in [-0.25, -0.2) is 0 Å². The fraction of sp³-hybridized carbons (Fsp3) is 0.125. The largest absolute Gasteiger partial charge is 0.508 e. The number of aromatic hydroxyl groups is 1. The second-order valence-corrected chi connectivity index (χ2v) is 2.16. The predicted molar refractivity (Wildman–Crippen MR) is 40.7 cm³/mol. The van der Waals surface area contributed by atoms with Crippen molar-refractivity contribution in [2.75, 3.05) is 0 Å². The van der Waals surface area contributed by atoms with E-state index < -0.39 is 0 Å². The van der Waals surface area contributed by atoms with Gasteiger partial charge in [0.05, 0.1) is 11.6 Å². The molecule has 0 spiro atoms. The zero-order valence-electron chi connectivity index (χ0n) is 5.91. The number of rotatable bonds is 1. The minimum Gasteiger partial charge on any atom is -0.508 e. The van der Waals surface area contributed by atoms with Crippen LogP contribution in [0.3, 0.4) is 0 Å². The first kappa shape index (κ1) is 7.58. The Morgan fingerprint density at radius 2 is 2.27 bits per heavy atom. The normalized spacial score (nSPS) is 9.09. The van der Waals surface area contributed by atoms with Gasteiger partial charge in [-0.3, -0.25) is 0 Å². The van der Waals surface area contributed by atoms with E-state index in [0.717, 1.165) is 0 Å². The van der Waals surface area contributed by atoms with Gasteiger partial charge < -0.3 is 10.8 Å². The molecule has 0 heterocycles. The van der Waals surface area contributed by atoms with E-state index in [0.29, 0.717) is 11.1 Å². The zero-order chi connectivity index (χ0) is 8.27. The van der Waals surface area contributed by atoms with E-state index in [4.69, 9.17) is 16.1 Å². The summed E-state index contributed by atoms with van der Waals surface area (Å²) in [6.45, 7) is 0.275. The summed E-state index contributed by atoms with van der Waals surface area (Å²) >= 11 is 0. The van der Waals surface area contributed by atoms with Crippen molar-refractivity contribution < 1.29 is 5.11 Å². The Kier molecular flexibility index (Phi) is 2.09. The van der Waals surface area contributed by atoms with Crippen molar-refractivity contribution in [2.45, 2.75) is 6.54 Å². The Hall–Kier alpha value is -1.53. The molecule has 0 aliphatic carbocycles. The van der Waals surface area contributed by atoms with Crippen molar-refractivity contribution in [1.82, 2.24) is 0 Å². The third-order valence-electron chi connectivity index (χ3n) is 1.43. The molecule has 3 nitrogen and oxygen atoms in total. The van der Waals surface area contributed by atoms with E-state index in [9.17, 15) is 0 Å². The van der Waals surface area contributed by atoms with Gasteiger partial charge in [-0.05, 0) is 23.8 Å². The van der Waals surface area contributed by atoms with Gasteiger partial charge >= 0.3 is 0 Å². The van der Waals surface area contributed by atoms with Gasteiger partial charge in [-0.1, -0.05) is 0 Å². The molecule has 11 heavy (non-hydrogen) atoms. The summed E-state index contributed by atoms with van der Waals surface area (Å²) in [6, 6.07) is 6.50. The molecule has 0 saturated carbocycles. The second kappa shape index (κ2) is 3.04. The molecule has 0 fully saturated rings. The summed E-state index contributed by atoms with van der Waals surface area (Å²) in [6.07, 6.45) is 0. The highest BCUT2D eigenvalue weighted by Gasteiger charge is 1.99. The third-order valence-corrected chi connectivity index (χ3v) is 1.43. The smallest absolute Gasteiger partial charge is 0.115 e. The van der Waals surface area contributed by atoms with E-state index in [-0.39, 0.29) is 12.3 Å². The van der Waals surface area contributed by atoms with Gasteiger partial charge in [0, 0.05) is 6.54 Å². The van der Waals surface area contributed by atoms with Crippen LogP contribution in [0.25, 0.3) is 0 Å². The number of phenols is 1. The molecule has 0 aliphatic heterocycles. The number of benzene rings is 1. The number of hydrogen-bond acceptors (Lipinski definition) is 3. The number of phenolic OH excluding ortho intramolecular Hbond substituents is 1. The molecule has 1 aromatic carbocycles. The third kappa shape index (κ3) is 1.48. The number of hydrogen-bond donors (Lipinski definition) is 2. The van der Waals surface area contributed by atoms with Crippen LogP contribution in [0.1, 0.15) is 11.1 Å². The summed E-state index contributed by atoms with van der Waals surface area (Å²) in [5.74, 6) is 0.143. The van der Waals surface area contributed by atoms with E-state index in [1.54, 1.807) is 6.07 Å². The maximum atomic E-state index is 9.00. The van der Waals surface area contributed by atoms with Gasteiger partial charge in [0.2, 0.25) is 0 Å². The minimum absolute atomic E-state index is 0.143. The van der Waals surface area contributed by atoms with Gasteiger partial charge in [-0.2, -0.15) is 5.26 Å². The fourth-order valence-corrected chi connectivity index (χ4v) is 0.858. The van der Waals surface area contributed by atoms with Gasteiger partial charge in [0.15, 0.2) is 0 Å². The molecule has 0 saturated heterocycles. The quantitative estimate of drug-likeness (QED) is 0.616. The molecule has 0 aromatic heterocycles. The lowest BCUT2D eigenvalue weighted by Crippen LogP contribution is -1.98. The van der Waals surface area contributed by atoms with Crippen LogP contribution in [0.4, 0.5) is 0 Å².